The highest BCUT2D eigenvalue weighted by Crippen LogP contribution is 2.30. The number of aromatic nitrogens is 2. The first-order valence-electron chi connectivity index (χ1n) is 18.1. The minimum absolute atomic E-state index is 0.0630. The first-order valence-corrected chi connectivity index (χ1v) is 18.9. The van der Waals surface area contributed by atoms with Crippen LogP contribution in [0.5, 0.6) is 5.75 Å². The summed E-state index contributed by atoms with van der Waals surface area (Å²) in [4.78, 5) is 37.4. The highest BCUT2D eigenvalue weighted by atomic mass is 32.1. The maximum atomic E-state index is 13.2. The number of carbonyl (C=O) groups excluding carboxylic acids is 2. The summed E-state index contributed by atoms with van der Waals surface area (Å²) in [7, 11) is 0. The van der Waals surface area contributed by atoms with Gasteiger partial charge in [0.2, 0.25) is 0 Å². The number of nitrogens with zero attached hydrogens (tertiary/aromatic N) is 2. The first-order chi connectivity index (χ1) is 23.8. The van der Waals surface area contributed by atoms with Gasteiger partial charge in [-0.05, 0) is 68.0 Å². The van der Waals surface area contributed by atoms with Gasteiger partial charge in [0.15, 0.2) is 5.82 Å². The van der Waals surface area contributed by atoms with Crippen LogP contribution in [-0.2, 0) is 21.4 Å². The summed E-state index contributed by atoms with van der Waals surface area (Å²) in [5.74, 6) is 0.732. The molecule has 1 amide bonds. The molecule has 0 spiro atoms. The second-order valence-electron chi connectivity index (χ2n) is 15.0. The summed E-state index contributed by atoms with van der Waals surface area (Å²) in [6.45, 7) is 14.8. The van der Waals surface area contributed by atoms with Crippen LogP contribution in [0.3, 0.4) is 0 Å². The van der Waals surface area contributed by atoms with Crippen molar-refractivity contribution >= 4 is 23.2 Å². The largest absolute Gasteiger partial charge is 0.494 e. The van der Waals surface area contributed by atoms with Gasteiger partial charge in [-0.2, -0.15) is 0 Å². The summed E-state index contributed by atoms with van der Waals surface area (Å²) in [6.07, 6.45) is 14.2. The smallest absolute Gasteiger partial charge is 0.329 e. The molecule has 2 heterocycles. The van der Waals surface area contributed by atoms with E-state index in [4.69, 9.17) is 9.47 Å². The molecule has 1 atom stereocenters. The zero-order valence-electron chi connectivity index (χ0n) is 31.0. The highest BCUT2D eigenvalue weighted by molar-refractivity contribution is 7.14. The fourth-order valence-electron chi connectivity index (χ4n) is 5.48. The zero-order valence-corrected chi connectivity index (χ0v) is 31.8. The Morgan fingerprint density at radius 3 is 1.92 bits per heavy atom. The first kappa shape index (κ1) is 38.8. The number of hydrogen-bond acceptors (Lipinski definition) is 7. The Morgan fingerprint density at radius 1 is 0.740 bits per heavy atom. The van der Waals surface area contributed by atoms with Crippen molar-refractivity contribution in [1.82, 2.24) is 15.3 Å². The van der Waals surface area contributed by atoms with E-state index in [1.54, 1.807) is 0 Å². The Morgan fingerprint density at radius 2 is 1.34 bits per heavy atom. The second kappa shape index (κ2) is 18.3. The monoisotopic (exact) mass is 697 g/mol. The molecule has 2 aromatic heterocycles. The summed E-state index contributed by atoms with van der Waals surface area (Å²) >= 11 is 1.44. The molecule has 2 aromatic carbocycles. The molecule has 268 valence electrons. The minimum atomic E-state index is -0.842. The van der Waals surface area contributed by atoms with Crippen LogP contribution in [0, 0.1) is 0 Å². The van der Waals surface area contributed by atoms with Gasteiger partial charge in [-0.15, -0.1) is 11.3 Å². The third-order valence-electron chi connectivity index (χ3n) is 8.32. The number of esters is 1. The number of ether oxygens (including phenoxy) is 2. The molecule has 8 heteroatoms. The van der Waals surface area contributed by atoms with Gasteiger partial charge in [-0.1, -0.05) is 109 Å². The predicted molar refractivity (Wildman–Crippen MR) is 205 cm³/mol. The molecule has 0 radical (unpaired) electrons. The summed E-state index contributed by atoms with van der Waals surface area (Å²) in [5, 5.41) is 2.93. The van der Waals surface area contributed by atoms with Gasteiger partial charge in [0.25, 0.3) is 5.91 Å². The lowest BCUT2D eigenvalue weighted by molar-refractivity contribution is -0.157. The average molecular weight is 698 g/mol. The topological polar surface area (TPSA) is 90.4 Å². The SMILES string of the molecule is CCCCCCCCCCOc1ccc(-c2cnc(-c3ccc(C[C@H](NC(=O)c4ccc(C(C)(C)C)s4)C(=O)OC(C)(C)C)cc3)nc2)cc1. The maximum Gasteiger partial charge on any atom is 0.329 e. The average Bonchev–Trinajstić information content (AvgIpc) is 3.59. The van der Waals surface area contributed by atoms with Gasteiger partial charge in [0, 0.05) is 34.8 Å². The van der Waals surface area contributed by atoms with E-state index in [0.717, 1.165) is 45.9 Å². The van der Waals surface area contributed by atoms with Crippen molar-refractivity contribution in [2.75, 3.05) is 6.61 Å². The van der Waals surface area contributed by atoms with E-state index in [1.165, 1.54) is 56.3 Å². The molecule has 0 saturated heterocycles. The van der Waals surface area contributed by atoms with Crippen LogP contribution in [0.15, 0.2) is 73.1 Å². The third kappa shape index (κ3) is 12.4. The fraction of sp³-hybridized carbons (Fsp3) is 0.476. The van der Waals surface area contributed by atoms with Crippen molar-refractivity contribution in [3.05, 3.63) is 88.4 Å². The standard InChI is InChI=1S/C42H55N3O4S/c1-8-9-10-11-12-13-14-15-26-48-34-22-20-31(21-23-34)33-28-43-38(44-29-33)32-18-16-30(17-19-32)27-35(40(47)49-42(5,6)7)45-39(46)36-24-25-37(50-36)41(2,3)4/h16-25,28-29,35H,8-15,26-27H2,1-7H3,(H,45,46)/t35-/m0/s1. The lowest BCUT2D eigenvalue weighted by atomic mass is 9.95. The van der Waals surface area contributed by atoms with Gasteiger partial charge in [-0.3, -0.25) is 4.79 Å². The summed E-state index contributed by atoms with van der Waals surface area (Å²) in [5.41, 5.74) is 2.95. The van der Waals surface area contributed by atoms with Crippen molar-refractivity contribution in [3.63, 3.8) is 0 Å². The summed E-state index contributed by atoms with van der Waals surface area (Å²) in [6, 6.07) is 18.8. The molecule has 4 aromatic rings. The molecular formula is C42H55N3O4S. The fourth-order valence-corrected chi connectivity index (χ4v) is 6.45. The molecule has 4 rings (SSSR count). The van der Waals surface area contributed by atoms with Crippen LogP contribution < -0.4 is 10.1 Å². The molecule has 0 aliphatic carbocycles. The molecule has 0 aliphatic rings. The number of benzene rings is 2. The second-order valence-corrected chi connectivity index (χ2v) is 16.1. The van der Waals surface area contributed by atoms with Gasteiger partial charge >= 0.3 is 5.97 Å². The van der Waals surface area contributed by atoms with Crippen molar-refractivity contribution in [1.29, 1.82) is 0 Å². The molecule has 0 bridgehead atoms. The Bertz CT molecular complexity index is 1630. The van der Waals surface area contributed by atoms with Crippen molar-refractivity contribution in [2.24, 2.45) is 0 Å². The van der Waals surface area contributed by atoms with Gasteiger partial charge in [-0.25, -0.2) is 14.8 Å². The van der Waals surface area contributed by atoms with E-state index in [-0.39, 0.29) is 17.7 Å². The number of amides is 1. The van der Waals surface area contributed by atoms with E-state index in [9.17, 15) is 9.59 Å². The Labute approximate surface area is 303 Å². The normalized spacial score (nSPS) is 12.4. The molecular weight excluding hydrogens is 643 g/mol. The van der Waals surface area contributed by atoms with E-state index < -0.39 is 17.6 Å². The van der Waals surface area contributed by atoms with Crippen molar-refractivity contribution in [3.8, 4) is 28.3 Å². The quantitative estimate of drug-likeness (QED) is 0.0872. The number of carbonyl (C=O) groups is 2. The number of thiophene rings is 1. The number of unbranched alkanes of at least 4 members (excludes halogenated alkanes) is 7. The predicted octanol–water partition coefficient (Wildman–Crippen LogP) is 10.4. The Balaban J connectivity index is 1.33. The third-order valence-corrected chi connectivity index (χ3v) is 9.83. The van der Waals surface area contributed by atoms with Crippen LogP contribution in [0.2, 0.25) is 0 Å². The van der Waals surface area contributed by atoms with E-state index in [2.05, 4.69) is 43.0 Å². The highest BCUT2D eigenvalue weighted by Gasteiger charge is 2.28. The van der Waals surface area contributed by atoms with Crippen LogP contribution in [0.25, 0.3) is 22.5 Å². The van der Waals surface area contributed by atoms with Crippen LogP contribution >= 0.6 is 11.3 Å². The molecule has 0 fully saturated rings. The molecule has 0 unspecified atom stereocenters. The lowest BCUT2D eigenvalue weighted by Gasteiger charge is -2.24. The maximum absolute atomic E-state index is 13.2. The number of nitrogens with one attached hydrogen (secondary N) is 1. The van der Waals surface area contributed by atoms with E-state index in [0.29, 0.717) is 10.7 Å². The van der Waals surface area contributed by atoms with Crippen LogP contribution in [-0.4, -0.2) is 40.1 Å². The van der Waals surface area contributed by atoms with Crippen molar-refractivity contribution < 1.29 is 19.1 Å². The molecule has 1 N–H and O–H groups in total. The molecule has 50 heavy (non-hydrogen) atoms. The Hall–Kier alpha value is -4.04. The Kier molecular flexibility index (Phi) is 14.2. The molecule has 0 saturated carbocycles. The van der Waals surface area contributed by atoms with Gasteiger partial charge < -0.3 is 14.8 Å². The zero-order chi connectivity index (χ0) is 36.1. The van der Waals surface area contributed by atoms with Crippen LogP contribution in [0.1, 0.15) is 120 Å². The van der Waals surface area contributed by atoms with Crippen molar-refractivity contribution in [2.45, 2.75) is 123 Å². The van der Waals surface area contributed by atoms with E-state index in [1.807, 2.05) is 93.8 Å². The summed E-state index contributed by atoms with van der Waals surface area (Å²) < 4.78 is 11.6. The minimum Gasteiger partial charge on any atom is -0.494 e. The number of rotatable bonds is 17. The molecule has 0 aliphatic heterocycles. The van der Waals surface area contributed by atoms with Gasteiger partial charge in [0.05, 0.1) is 11.5 Å². The molecule has 7 nitrogen and oxygen atoms in total. The van der Waals surface area contributed by atoms with Gasteiger partial charge in [0.1, 0.15) is 17.4 Å². The van der Waals surface area contributed by atoms with Crippen LogP contribution in [0.4, 0.5) is 0 Å². The lowest BCUT2D eigenvalue weighted by Crippen LogP contribution is -2.45. The number of hydrogen-bond donors (Lipinski definition) is 1. The van der Waals surface area contributed by atoms with E-state index >= 15 is 0 Å².